The fraction of sp³-hybridized carbons (Fsp3) is 0.900. The van der Waals surface area contributed by atoms with Gasteiger partial charge in [0.15, 0.2) is 5.78 Å². The smallest absolute Gasteiger partial charge is 0.158 e. The SMILES string of the molecule is CCNCCOCCOCC(=O)CC. The third kappa shape index (κ3) is 9.64. The van der Waals surface area contributed by atoms with Crippen molar-refractivity contribution in [2.75, 3.05) is 39.5 Å². The molecule has 0 aliphatic heterocycles. The molecule has 0 heterocycles. The highest BCUT2D eigenvalue weighted by Crippen LogP contribution is 1.83. The Kier molecular flexibility index (Phi) is 10.3. The Hall–Kier alpha value is -0.450. The van der Waals surface area contributed by atoms with Crippen molar-refractivity contribution in [1.82, 2.24) is 5.32 Å². The van der Waals surface area contributed by atoms with Gasteiger partial charge in [-0.1, -0.05) is 13.8 Å². The standard InChI is InChI=1S/C10H21NO3/c1-3-10(12)9-14-8-7-13-6-5-11-4-2/h11H,3-9H2,1-2H3. The summed E-state index contributed by atoms with van der Waals surface area (Å²) in [7, 11) is 0. The van der Waals surface area contributed by atoms with Crippen LogP contribution in [0, 0.1) is 0 Å². The van der Waals surface area contributed by atoms with E-state index < -0.39 is 0 Å². The minimum Gasteiger partial charge on any atom is -0.378 e. The Morgan fingerprint density at radius 3 is 2.50 bits per heavy atom. The van der Waals surface area contributed by atoms with Gasteiger partial charge in [-0.25, -0.2) is 0 Å². The van der Waals surface area contributed by atoms with Crippen molar-refractivity contribution < 1.29 is 14.3 Å². The van der Waals surface area contributed by atoms with Gasteiger partial charge < -0.3 is 14.8 Å². The Labute approximate surface area is 86.0 Å². The van der Waals surface area contributed by atoms with Gasteiger partial charge in [-0.3, -0.25) is 4.79 Å². The summed E-state index contributed by atoms with van der Waals surface area (Å²) in [6.45, 7) is 7.68. The molecule has 0 saturated heterocycles. The van der Waals surface area contributed by atoms with E-state index in [0.717, 1.165) is 13.1 Å². The molecular weight excluding hydrogens is 182 g/mol. The molecule has 0 aromatic rings. The minimum absolute atomic E-state index is 0.137. The van der Waals surface area contributed by atoms with E-state index >= 15 is 0 Å². The maximum atomic E-state index is 10.8. The molecule has 0 bridgehead atoms. The molecule has 84 valence electrons. The number of ketones is 1. The molecule has 0 aromatic carbocycles. The summed E-state index contributed by atoms with van der Waals surface area (Å²) in [5, 5.41) is 3.15. The van der Waals surface area contributed by atoms with Crippen LogP contribution in [0.4, 0.5) is 0 Å². The van der Waals surface area contributed by atoms with E-state index in [1.54, 1.807) is 0 Å². The highest BCUT2D eigenvalue weighted by molar-refractivity contribution is 5.79. The lowest BCUT2D eigenvalue weighted by Gasteiger charge is -2.05. The minimum atomic E-state index is 0.137. The zero-order valence-electron chi connectivity index (χ0n) is 9.17. The van der Waals surface area contributed by atoms with Gasteiger partial charge in [-0.05, 0) is 6.54 Å². The molecule has 0 aliphatic rings. The Morgan fingerprint density at radius 2 is 1.86 bits per heavy atom. The largest absolute Gasteiger partial charge is 0.378 e. The van der Waals surface area contributed by atoms with Crippen LogP contribution in [0.2, 0.25) is 0 Å². The number of carbonyl (C=O) groups is 1. The summed E-state index contributed by atoms with van der Waals surface area (Å²) in [6.07, 6.45) is 0.543. The molecule has 0 spiro atoms. The first-order valence-electron chi connectivity index (χ1n) is 5.19. The van der Waals surface area contributed by atoms with Crippen molar-refractivity contribution in [1.29, 1.82) is 0 Å². The third-order valence-electron chi connectivity index (χ3n) is 1.70. The number of carbonyl (C=O) groups excluding carboxylic acids is 1. The Morgan fingerprint density at radius 1 is 1.14 bits per heavy atom. The first kappa shape index (κ1) is 13.5. The molecule has 0 fully saturated rings. The van der Waals surface area contributed by atoms with Crippen LogP contribution in [0.5, 0.6) is 0 Å². The van der Waals surface area contributed by atoms with Crippen molar-refractivity contribution >= 4 is 5.78 Å². The van der Waals surface area contributed by atoms with Gasteiger partial charge in [-0.15, -0.1) is 0 Å². The van der Waals surface area contributed by atoms with Crippen LogP contribution in [0.25, 0.3) is 0 Å². The number of nitrogens with one attached hydrogen (secondary N) is 1. The van der Waals surface area contributed by atoms with E-state index in [1.165, 1.54) is 0 Å². The van der Waals surface area contributed by atoms with E-state index in [1.807, 2.05) is 6.92 Å². The number of Topliss-reactive ketones (excluding diaryl/α,β-unsaturated/α-hetero) is 1. The number of hydrogen-bond donors (Lipinski definition) is 1. The molecule has 1 N–H and O–H groups in total. The number of likely N-dealkylation sites (N-methyl/N-ethyl adjacent to an activating group) is 1. The van der Waals surface area contributed by atoms with Crippen LogP contribution in [-0.4, -0.2) is 45.3 Å². The van der Waals surface area contributed by atoms with Crippen LogP contribution in [0.15, 0.2) is 0 Å². The molecule has 0 amide bonds. The summed E-state index contributed by atoms with van der Waals surface area (Å²) in [5.74, 6) is 0.137. The predicted octanol–water partition coefficient (Wildman–Crippen LogP) is 0.608. The lowest BCUT2D eigenvalue weighted by atomic mass is 10.3. The molecule has 0 saturated carbocycles. The van der Waals surface area contributed by atoms with Gasteiger partial charge >= 0.3 is 0 Å². The van der Waals surface area contributed by atoms with Crippen molar-refractivity contribution in [3.8, 4) is 0 Å². The summed E-state index contributed by atoms with van der Waals surface area (Å²) < 4.78 is 10.4. The topological polar surface area (TPSA) is 47.6 Å². The second-order valence-electron chi connectivity index (χ2n) is 2.91. The van der Waals surface area contributed by atoms with Crippen molar-refractivity contribution in [2.45, 2.75) is 20.3 Å². The predicted molar refractivity (Wildman–Crippen MR) is 55.5 cm³/mol. The van der Waals surface area contributed by atoms with Crippen LogP contribution in [0.3, 0.4) is 0 Å². The van der Waals surface area contributed by atoms with Crippen LogP contribution >= 0.6 is 0 Å². The van der Waals surface area contributed by atoms with E-state index in [2.05, 4.69) is 12.2 Å². The van der Waals surface area contributed by atoms with Crippen molar-refractivity contribution in [3.63, 3.8) is 0 Å². The molecule has 14 heavy (non-hydrogen) atoms. The van der Waals surface area contributed by atoms with Gasteiger partial charge in [0.2, 0.25) is 0 Å². The maximum Gasteiger partial charge on any atom is 0.158 e. The normalized spacial score (nSPS) is 10.4. The molecule has 0 atom stereocenters. The van der Waals surface area contributed by atoms with Crippen molar-refractivity contribution in [2.24, 2.45) is 0 Å². The fourth-order valence-electron chi connectivity index (χ4n) is 0.829. The van der Waals surface area contributed by atoms with Gasteiger partial charge in [0.25, 0.3) is 0 Å². The van der Waals surface area contributed by atoms with Gasteiger partial charge in [0.1, 0.15) is 6.61 Å². The highest BCUT2D eigenvalue weighted by atomic mass is 16.5. The lowest BCUT2D eigenvalue weighted by Crippen LogP contribution is -2.20. The summed E-state index contributed by atoms with van der Waals surface area (Å²) in [4.78, 5) is 10.8. The second-order valence-corrected chi connectivity index (χ2v) is 2.91. The van der Waals surface area contributed by atoms with Crippen molar-refractivity contribution in [3.05, 3.63) is 0 Å². The fourth-order valence-corrected chi connectivity index (χ4v) is 0.829. The van der Waals surface area contributed by atoms with Gasteiger partial charge in [-0.2, -0.15) is 0 Å². The molecule has 0 aliphatic carbocycles. The number of ether oxygens (including phenoxy) is 2. The molecule has 4 heteroatoms. The molecular formula is C10H21NO3. The number of hydrogen-bond acceptors (Lipinski definition) is 4. The zero-order chi connectivity index (χ0) is 10.6. The molecule has 0 unspecified atom stereocenters. The average molecular weight is 203 g/mol. The molecule has 0 radical (unpaired) electrons. The summed E-state index contributed by atoms with van der Waals surface area (Å²) in [5.41, 5.74) is 0. The second kappa shape index (κ2) is 10.6. The average Bonchev–Trinajstić information content (AvgIpc) is 2.21. The Bertz CT molecular complexity index is 139. The summed E-state index contributed by atoms with van der Waals surface area (Å²) >= 11 is 0. The maximum absolute atomic E-state index is 10.8. The lowest BCUT2D eigenvalue weighted by molar-refractivity contribution is -0.123. The monoisotopic (exact) mass is 203 g/mol. The van der Waals surface area contributed by atoms with Crippen LogP contribution in [-0.2, 0) is 14.3 Å². The van der Waals surface area contributed by atoms with E-state index in [9.17, 15) is 4.79 Å². The van der Waals surface area contributed by atoms with Crippen LogP contribution < -0.4 is 5.32 Å². The van der Waals surface area contributed by atoms with E-state index in [-0.39, 0.29) is 12.4 Å². The first-order valence-corrected chi connectivity index (χ1v) is 5.19. The summed E-state index contributed by atoms with van der Waals surface area (Å²) in [6, 6.07) is 0. The molecule has 4 nitrogen and oxygen atoms in total. The first-order chi connectivity index (χ1) is 6.81. The molecule has 0 rings (SSSR count). The van der Waals surface area contributed by atoms with Gasteiger partial charge in [0.05, 0.1) is 19.8 Å². The Balaban J connectivity index is 2.95. The van der Waals surface area contributed by atoms with E-state index in [0.29, 0.717) is 26.2 Å². The zero-order valence-corrected chi connectivity index (χ0v) is 9.17. The number of rotatable bonds is 10. The quantitative estimate of drug-likeness (QED) is 0.528. The van der Waals surface area contributed by atoms with Crippen LogP contribution in [0.1, 0.15) is 20.3 Å². The van der Waals surface area contributed by atoms with E-state index in [4.69, 9.17) is 9.47 Å². The molecule has 0 aromatic heterocycles. The van der Waals surface area contributed by atoms with Gasteiger partial charge in [0, 0.05) is 13.0 Å². The highest BCUT2D eigenvalue weighted by Gasteiger charge is 1.96. The third-order valence-corrected chi connectivity index (χ3v) is 1.70.